The average Bonchev–Trinajstić information content (AvgIpc) is 2.20. The van der Waals surface area contributed by atoms with Crippen LogP contribution in [0.5, 0.6) is 5.75 Å². The van der Waals surface area contributed by atoms with Crippen LogP contribution in [-0.2, 0) is 0 Å². The summed E-state index contributed by atoms with van der Waals surface area (Å²) in [5.41, 5.74) is -0.0538. The fourth-order valence-corrected chi connectivity index (χ4v) is 1.73. The van der Waals surface area contributed by atoms with Crippen LogP contribution >= 0.6 is 39.1 Å². The summed E-state index contributed by atoms with van der Waals surface area (Å²) in [5, 5.41) is 9.61. The number of ether oxygens (including phenoxy) is 1. The molecule has 1 atom stereocenters. The van der Waals surface area contributed by atoms with Gasteiger partial charge in [-0.15, -0.1) is 23.2 Å². The molecule has 0 bridgehead atoms. The first-order chi connectivity index (χ1) is 6.99. The molecule has 0 fully saturated rings. The van der Waals surface area contributed by atoms with Crippen molar-refractivity contribution >= 4 is 39.1 Å². The van der Waals surface area contributed by atoms with Crippen molar-refractivity contribution in [2.75, 3.05) is 7.11 Å². The maximum atomic E-state index is 13.7. The van der Waals surface area contributed by atoms with Crippen LogP contribution in [0.3, 0.4) is 0 Å². The Hall–Kier alpha value is -0.0300. The molecule has 2 nitrogen and oxygen atoms in total. The number of halogens is 4. The molecular formula is C9H8BrCl2FO2. The summed E-state index contributed by atoms with van der Waals surface area (Å²) in [4.78, 5) is -1.12. The van der Waals surface area contributed by atoms with Crippen molar-refractivity contribution in [3.05, 3.63) is 28.0 Å². The quantitative estimate of drug-likeness (QED) is 0.865. The number of hydrogen-bond acceptors (Lipinski definition) is 2. The van der Waals surface area contributed by atoms with E-state index in [-0.39, 0.29) is 15.8 Å². The molecule has 0 radical (unpaired) electrons. The lowest BCUT2D eigenvalue weighted by Crippen LogP contribution is -2.10. The summed E-state index contributed by atoms with van der Waals surface area (Å²) in [7, 11) is 1.37. The van der Waals surface area contributed by atoms with Gasteiger partial charge in [-0.2, -0.15) is 0 Å². The molecule has 0 aliphatic heterocycles. The van der Waals surface area contributed by atoms with Crippen LogP contribution in [0.1, 0.15) is 11.7 Å². The van der Waals surface area contributed by atoms with Crippen molar-refractivity contribution in [2.24, 2.45) is 0 Å². The number of benzene rings is 1. The highest BCUT2D eigenvalue weighted by Crippen LogP contribution is 2.36. The van der Waals surface area contributed by atoms with Gasteiger partial charge in [-0.25, -0.2) is 4.39 Å². The van der Waals surface area contributed by atoms with E-state index in [9.17, 15) is 9.50 Å². The van der Waals surface area contributed by atoms with Crippen molar-refractivity contribution < 1.29 is 14.2 Å². The van der Waals surface area contributed by atoms with Gasteiger partial charge in [0.25, 0.3) is 0 Å². The highest BCUT2D eigenvalue weighted by molar-refractivity contribution is 9.10. The zero-order chi connectivity index (χ0) is 11.6. The van der Waals surface area contributed by atoms with Crippen LogP contribution in [0.4, 0.5) is 4.39 Å². The second-order valence-corrected chi connectivity index (χ2v) is 4.77. The molecule has 0 aliphatic rings. The summed E-state index contributed by atoms with van der Waals surface area (Å²) in [6.07, 6.45) is -1.33. The van der Waals surface area contributed by atoms with Crippen molar-refractivity contribution in [1.29, 1.82) is 0 Å². The smallest absolute Gasteiger partial charge is 0.146 e. The molecule has 1 aromatic carbocycles. The van der Waals surface area contributed by atoms with Gasteiger partial charge in [0, 0.05) is 0 Å². The fraction of sp³-hybridized carbons (Fsp3) is 0.333. The minimum absolute atomic E-state index is 0.0538. The predicted octanol–water partition coefficient (Wildman–Crippen LogP) is 3.43. The normalized spacial score (nSPS) is 13.0. The molecular weight excluding hydrogens is 310 g/mol. The minimum Gasteiger partial charge on any atom is -0.496 e. The van der Waals surface area contributed by atoms with Crippen LogP contribution < -0.4 is 4.74 Å². The lowest BCUT2D eigenvalue weighted by atomic mass is 10.1. The SMILES string of the molecule is COc1ccc(Br)c(F)c1C(O)C(Cl)Cl. The molecule has 6 heteroatoms. The van der Waals surface area contributed by atoms with Crippen LogP contribution in [0, 0.1) is 5.82 Å². The van der Waals surface area contributed by atoms with Gasteiger partial charge < -0.3 is 9.84 Å². The number of methoxy groups -OCH3 is 1. The van der Waals surface area contributed by atoms with Gasteiger partial charge in [0.05, 0.1) is 17.1 Å². The molecule has 0 amide bonds. The molecule has 0 heterocycles. The number of alkyl halides is 2. The Morgan fingerprint density at radius 3 is 2.53 bits per heavy atom. The zero-order valence-electron chi connectivity index (χ0n) is 7.68. The molecule has 0 spiro atoms. The standard InChI is InChI=1S/C9H8BrCl2FO2/c1-15-5-3-2-4(10)7(13)6(5)8(14)9(11)12/h2-3,8-9,14H,1H3. The topological polar surface area (TPSA) is 29.5 Å². The van der Waals surface area contributed by atoms with E-state index in [0.29, 0.717) is 0 Å². The fourth-order valence-electron chi connectivity index (χ4n) is 1.13. The third-order valence-corrected chi connectivity index (χ3v) is 2.94. The Balaban J connectivity index is 3.29. The monoisotopic (exact) mass is 316 g/mol. The Labute approximate surface area is 105 Å². The van der Waals surface area contributed by atoms with Crippen molar-refractivity contribution in [3.63, 3.8) is 0 Å². The molecule has 15 heavy (non-hydrogen) atoms. The van der Waals surface area contributed by atoms with Gasteiger partial charge >= 0.3 is 0 Å². The number of rotatable bonds is 3. The average molecular weight is 318 g/mol. The van der Waals surface area contributed by atoms with E-state index in [4.69, 9.17) is 27.9 Å². The summed E-state index contributed by atoms with van der Waals surface area (Å²) >= 11 is 14.0. The van der Waals surface area contributed by atoms with Gasteiger partial charge in [-0.1, -0.05) is 0 Å². The third-order valence-electron chi connectivity index (χ3n) is 1.85. The summed E-state index contributed by atoms with van der Waals surface area (Å²) in [6.45, 7) is 0. The van der Waals surface area contributed by atoms with Crippen LogP contribution in [-0.4, -0.2) is 17.1 Å². The lowest BCUT2D eigenvalue weighted by Gasteiger charge is -2.16. The second kappa shape index (κ2) is 5.34. The van der Waals surface area contributed by atoms with Crippen molar-refractivity contribution in [3.8, 4) is 5.75 Å². The number of hydrogen-bond donors (Lipinski definition) is 1. The molecule has 1 unspecified atom stereocenters. The van der Waals surface area contributed by atoms with Gasteiger partial charge in [-0.05, 0) is 28.1 Å². The highest BCUT2D eigenvalue weighted by Gasteiger charge is 2.25. The van der Waals surface area contributed by atoms with Crippen LogP contribution in [0.2, 0.25) is 0 Å². The van der Waals surface area contributed by atoms with E-state index in [0.717, 1.165) is 0 Å². The molecule has 0 saturated carbocycles. The van der Waals surface area contributed by atoms with Crippen molar-refractivity contribution in [2.45, 2.75) is 10.9 Å². The van der Waals surface area contributed by atoms with Gasteiger partial charge in [0.1, 0.15) is 22.5 Å². The molecule has 0 saturated heterocycles. The van der Waals surface area contributed by atoms with Crippen LogP contribution in [0.25, 0.3) is 0 Å². The first-order valence-corrected chi connectivity index (χ1v) is 5.63. The molecule has 1 N–H and O–H groups in total. The maximum Gasteiger partial charge on any atom is 0.146 e. The third kappa shape index (κ3) is 2.75. The zero-order valence-corrected chi connectivity index (χ0v) is 10.8. The molecule has 0 aliphatic carbocycles. The number of aliphatic hydroxyl groups is 1. The second-order valence-electron chi connectivity index (χ2n) is 2.76. The van der Waals surface area contributed by atoms with E-state index in [1.807, 2.05) is 0 Å². The largest absolute Gasteiger partial charge is 0.496 e. The first-order valence-electron chi connectivity index (χ1n) is 3.97. The van der Waals surface area contributed by atoms with E-state index in [1.165, 1.54) is 19.2 Å². The van der Waals surface area contributed by atoms with Gasteiger partial charge in [0.15, 0.2) is 0 Å². The molecule has 1 rings (SSSR count). The van der Waals surface area contributed by atoms with E-state index in [1.54, 1.807) is 0 Å². The summed E-state index contributed by atoms with van der Waals surface area (Å²) in [6, 6.07) is 2.99. The Morgan fingerprint density at radius 1 is 1.47 bits per heavy atom. The highest BCUT2D eigenvalue weighted by atomic mass is 79.9. The lowest BCUT2D eigenvalue weighted by molar-refractivity contribution is 0.182. The molecule has 84 valence electrons. The van der Waals surface area contributed by atoms with Gasteiger partial charge in [0.2, 0.25) is 0 Å². The Kier molecular flexibility index (Phi) is 4.64. The predicted molar refractivity (Wildman–Crippen MR) is 61.1 cm³/mol. The summed E-state index contributed by atoms with van der Waals surface area (Å²) < 4.78 is 18.8. The van der Waals surface area contributed by atoms with E-state index < -0.39 is 16.8 Å². The Bertz CT molecular complexity index is 360. The van der Waals surface area contributed by atoms with Crippen LogP contribution in [0.15, 0.2) is 16.6 Å². The minimum atomic E-state index is -1.33. The van der Waals surface area contributed by atoms with E-state index in [2.05, 4.69) is 15.9 Å². The number of aliphatic hydroxyl groups excluding tert-OH is 1. The molecule has 0 aromatic heterocycles. The summed E-state index contributed by atoms with van der Waals surface area (Å²) in [5.74, 6) is -0.428. The molecule has 1 aromatic rings. The van der Waals surface area contributed by atoms with E-state index >= 15 is 0 Å². The van der Waals surface area contributed by atoms with Crippen molar-refractivity contribution in [1.82, 2.24) is 0 Å². The Morgan fingerprint density at radius 2 is 2.07 bits per heavy atom. The maximum absolute atomic E-state index is 13.7. The first kappa shape index (κ1) is 13.0. The van der Waals surface area contributed by atoms with Gasteiger partial charge in [-0.3, -0.25) is 0 Å².